The van der Waals surface area contributed by atoms with E-state index in [1.165, 1.54) is 10.7 Å². The molecule has 0 radical (unpaired) electrons. The quantitative estimate of drug-likeness (QED) is 0.604. The number of rotatable bonds is 3. The second kappa shape index (κ2) is 4.75. The van der Waals surface area contributed by atoms with Gasteiger partial charge in [0.25, 0.3) is 5.91 Å². The minimum absolute atomic E-state index is 0.132. The van der Waals surface area contributed by atoms with E-state index < -0.39 is 4.92 Å². The third-order valence-electron chi connectivity index (χ3n) is 3.00. The van der Waals surface area contributed by atoms with Crippen LogP contribution in [0.15, 0.2) is 6.07 Å². The summed E-state index contributed by atoms with van der Waals surface area (Å²) in [6, 6.07) is 1.12. The van der Waals surface area contributed by atoms with E-state index in [1.54, 1.807) is 18.7 Å². The number of likely N-dealkylation sites (tertiary alicyclic amines) is 1. The molecule has 18 heavy (non-hydrogen) atoms. The summed E-state index contributed by atoms with van der Waals surface area (Å²) in [5.74, 6) is -0.345. The van der Waals surface area contributed by atoms with Gasteiger partial charge in [0.05, 0.1) is 6.07 Å². The van der Waals surface area contributed by atoms with Crippen molar-refractivity contribution in [3.8, 4) is 0 Å². The Hall–Kier alpha value is -1.92. The Morgan fingerprint density at radius 3 is 2.50 bits per heavy atom. The lowest BCUT2D eigenvalue weighted by atomic mass is 10.3. The predicted octanol–water partition coefficient (Wildman–Crippen LogP) is 1.61. The van der Waals surface area contributed by atoms with Crippen molar-refractivity contribution in [2.24, 2.45) is 0 Å². The van der Waals surface area contributed by atoms with Crippen molar-refractivity contribution >= 4 is 11.7 Å². The maximum absolute atomic E-state index is 12.1. The van der Waals surface area contributed by atoms with Crippen LogP contribution in [0.25, 0.3) is 0 Å². The summed E-state index contributed by atoms with van der Waals surface area (Å²) in [6.45, 7) is 5.01. The van der Waals surface area contributed by atoms with Gasteiger partial charge in [-0.25, -0.2) is 0 Å². The van der Waals surface area contributed by atoms with Gasteiger partial charge in [-0.3, -0.25) is 4.79 Å². The summed E-state index contributed by atoms with van der Waals surface area (Å²) < 4.78 is 1.28. The van der Waals surface area contributed by atoms with Gasteiger partial charge in [-0.15, -0.1) is 4.68 Å². The second-order valence-electron chi connectivity index (χ2n) is 4.68. The van der Waals surface area contributed by atoms with E-state index in [0.29, 0.717) is 13.1 Å². The number of nitro groups is 1. The normalized spacial score (nSPS) is 15.4. The molecule has 0 N–H and O–H groups in total. The Balaban J connectivity index is 2.31. The van der Waals surface area contributed by atoms with E-state index in [0.717, 1.165) is 12.8 Å². The molecule has 1 aromatic rings. The molecule has 2 heterocycles. The molecule has 0 bridgehead atoms. The lowest BCUT2D eigenvalue weighted by molar-refractivity contribution is -0.393. The first kappa shape index (κ1) is 12.5. The Morgan fingerprint density at radius 1 is 1.44 bits per heavy atom. The van der Waals surface area contributed by atoms with Gasteiger partial charge >= 0.3 is 5.82 Å². The standard InChI is InChI=1S/C11H16N4O3/c1-8(2)14-10(15(17)18)7-9(12-14)11(16)13-5-3-4-6-13/h7-8H,3-6H2,1-2H3. The van der Waals surface area contributed by atoms with Crippen molar-refractivity contribution in [1.82, 2.24) is 14.7 Å². The molecule has 2 rings (SSSR count). The van der Waals surface area contributed by atoms with Crippen molar-refractivity contribution in [2.45, 2.75) is 32.7 Å². The van der Waals surface area contributed by atoms with Crippen LogP contribution in [0.4, 0.5) is 5.82 Å². The zero-order chi connectivity index (χ0) is 13.3. The first-order valence-corrected chi connectivity index (χ1v) is 6.04. The number of carbonyl (C=O) groups excluding carboxylic acids is 1. The molecule has 1 saturated heterocycles. The molecule has 0 saturated carbocycles. The van der Waals surface area contributed by atoms with E-state index in [4.69, 9.17) is 0 Å². The van der Waals surface area contributed by atoms with Crippen LogP contribution in [0.3, 0.4) is 0 Å². The number of hydrogen-bond acceptors (Lipinski definition) is 4. The molecule has 1 aliphatic rings. The summed E-state index contributed by atoms with van der Waals surface area (Å²) >= 11 is 0. The molecule has 1 amide bonds. The van der Waals surface area contributed by atoms with Crippen molar-refractivity contribution in [2.75, 3.05) is 13.1 Å². The molecule has 98 valence electrons. The van der Waals surface area contributed by atoms with Gasteiger partial charge in [0.2, 0.25) is 0 Å². The molecule has 0 aromatic carbocycles. The average Bonchev–Trinajstić information content (AvgIpc) is 2.97. The van der Waals surface area contributed by atoms with E-state index >= 15 is 0 Å². The van der Waals surface area contributed by atoms with Gasteiger partial charge in [-0.05, 0) is 31.6 Å². The van der Waals surface area contributed by atoms with E-state index in [2.05, 4.69) is 5.10 Å². The number of carbonyl (C=O) groups is 1. The third-order valence-corrected chi connectivity index (χ3v) is 3.00. The molecule has 7 heteroatoms. The van der Waals surface area contributed by atoms with Crippen molar-refractivity contribution in [1.29, 1.82) is 0 Å². The first-order valence-electron chi connectivity index (χ1n) is 6.04. The van der Waals surface area contributed by atoms with Crippen molar-refractivity contribution < 1.29 is 9.72 Å². The zero-order valence-electron chi connectivity index (χ0n) is 10.5. The Bertz CT molecular complexity index is 475. The van der Waals surface area contributed by atoms with Crippen LogP contribution in [-0.2, 0) is 0 Å². The van der Waals surface area contributed by atoms with Crippen LogP contribution in [0, 0.1) is 10.1 Å². The Kier molecular flexibility index (Phi) is 3.31. The SMILES string of the molecule is CC(C)n1nc(C(=O)N2CCCC2)cc1[N+](=O)[O-]. The molecule has 7 nitrogen and oxygen atoms in total. The van der Waals surface area contributed by atoms with Crippen LogP contribution < -0.4 is 0 Å². The number of nitrogens with zero attached hydrogens (tertiary/aromatic N) is 4. The van der Waals surface area contributed by atoms with Gasteiger partial charge in [0.1, 0.15) is 6.04 Å². The van der Waals surface area contributed by atoms with Crippen LogP contribution >= 0.6 is 0 Å². The van der Waals surface area contributed by atoms with Crippen LogP contribution in [0.2, 0.25) is 0 Å². The summed E-state index contributed by atoms with van der Waals surface area (Å²) in [5.41, 5.74) is 0.164. The molecule has 1 aromatic heterocycles. The van der Waals surface area contributed by atoms with Gasteiger partial charge in [0.15, 0.2) is 5.69 Å². The third kappa shape index (κ3) is 2.20. The van der Waals surface area contributed by atoms with E-state index in [1.807, 2.05) is 0 Å². The summed E-state index contributed by atoms with van der Waals surface area (Å²) in [6.07, 6.45) is 1.97. The number of amides is 1. The van der Waals surface area contributed by atoms with E-state index in [-0.39, 0.29) is 23.5 Å². The first-order chi connectivity index (χ1) is 8.50. The van der Waals surface area contributed by atoms with Crippen molar-refractivity contribution in [3.63, 3.8) is 0 Å². The molecule has 0 aliphatic carbocycles. The molecule has 1 fully saturated rings. The molecule has 0 unspecified atom stereocenters. The van der Waals surface area contributed by atoms with Crippen molar-refractivity contribution in [3.05, 3.63) is 21.9 Å². The summed E-state index contributed by atoms with van der Waals surface area (Å²) in [5, 5.41) is 15.0. The topological polar surface area (TPSA) is 81.3 Å². The summed E-state index contributed by atoms with van der Waals surface area (Å²) in [7, 11) is 0. The maximum atomic E-state index is 12.1. The highest BCUT2D eigenvalue weighted by atomic mass is 16.6. The molecular weight excluding hydrogens is 236 g/mol. The monoisotopic (exact) mass is 252 g/mol. The van der Waals surface area contributed by atoms with E-state index in [9.17, 15) is 14.9 Å². The highest BCUT2D eigenvalue weighted by molar-refractivity contribution is 5.93. The Labute approximate surface area is 105 Å². The Morgan fingerprint density at radius 2 is 2.06 bits per heavy atom. The minimum atomic E-state index is -0.506. The van der Waals surface area contributed by atoms with Gasteiger partial charge in [0, 0.05) is 13.1 Å². The largest absolute Gasteiger partial charge is 0.358 e. The second-order valence-corrected chi connectivity index (χ2v) is 4.68. The zero-order valence-corrected chi connectivity index (χ0v) is 10.5. The molecular formula is C11H16N4O3. The van der Waals surface area contributed by atoms with Gasteiger partial charge in [-0.2, -0.15) is 0 Å². The maximum Gasteiger partial charge on any atom is 0.345 e. The molecule has 0 spiro atoms. The molecule has 1 aliphatic heterocycles. The number of aromatic nitrogens is 2. The smallest absolute Gasteiger partial charge is 0.345 e. The fraction of sp³-hybridized carbons (Fsp3) is 0.636. The molecule has 0 atom stereocenters. The minimum Gasteiger partial charge on any atom is -0.358 e. The average molecular weight is 252 g/mol. The lowest BCUT2D eigenvalue weighted by Crippen LogP contribution is -2.28. The highest BCUT2D eigenvalue weighted by Crippen LogP contribution is 2.20. The van der Waals surface area contributed by atoms with Gasteiger partial charge < -0.3 is 15.0 Å². The van der Waals surface area contributed by atoms with Crippen LogP contribution in [0.5, 0.6) is 0 Å². The number of hydrogen-bond donors (Lipinski definition) is 0. The summed E-state index contributed by atoms with van der Waals surface area (Å²) in [4.78, 5) is 24.2. The highest BCUT2D eigenvalue weighted by Gasteiger charge is 2.28. The predicted molar refractivity (Wildman–Crippen MR) is 64.4 cm³/mol. The van der Waals surface area contributed by atoms with Gasteiger partial charge in [-0.1, -0.05) is 5.10 Å². The van der Waals surface area contributed by atoms with Crippen LogP contribution in [0.1, 0.15) is 43.2 Å². The fourth-order valence-electron chi connectivity index (χ4n) is 2.09. The van der Waals surface area contributed by atoms with Crippen LogP contribution in [-0.4, -0.2) is 38.6 Å². The lowest BCUT2D eigenvalue weighted by Gasteiger charge is -2.12. The fourth-order valence-corrected chi connectivity index (χ4v) is 2.09.